The third-order valence-electron chi connectivity index (χ3n) is 9.02. The lowest BCUT2D eigenvalue weighted by Gasteiger charge is -2.25. The monoisotopic (exact) mass is 734 g/mol. The summed E-state index contributed by atoms with van der Waals surface area (Å²) in [5.41, 5.74) is 24.0. The van der Waals surface area contributed by atoms with Crippen molar-refractivity contribution in [1.82, 2.24) is 16.0 Å². The minimum absolute atomic E-state index is 0.0616. The Balaban J connectivity index is 2.06. The maximum Gasteiger partial charge on any atom is 0.243 e. The van der Waals surface area contributed by atoms with Crippen LogP contribution in [-0.2, 0) is 36.8 Å². The largest absolute Gasteiger partial charge is 0.370 e. The number of nitrogens with zero attached hydrogens (tertiary/aromatic N) is 1. The highest BCUT2D eigenvalue weighted by molar-refractivity contribution is 5.94. The molecule has 2 aromatic carbocycles. The Morgan fingerprint density at radius 1 is 0.585 bits per heavy atom. The van der Waals surface area contributed by atoms with E-state index < -0.39 is 41.8 Å². The molecule has 0 unspecified atom stereocenters. The lowest BCUT2D eigenvalue weighted by Crippen LogP contribution is -2.57. The molecule has 0 radical (unpaired) electrons. The van der Waals surface area contributed by atoms with E-state index in [0.29, 0.717) is 17.7 Å². The molecule has 5 amide bonds. The summed E-state index contributed by atoms with van der Waals surface area (Å²) in [5, 5.41) is 8.12. The first-order valence-electron chi connectivity index (χ1n) is 19.2. The zero-order valence-corrected chi connectivity index (χ0v) is 31.5. The van der Waals surface area contributed by atoms with Crippen LogP contribution in [0.5, 0.6) is 0 Å². The zero-order valence-electron chi connectivity index (χ0n) is 31.5. The topological polar surface area (TPSA) is 238 Å². The lowest BCUT2D eigenvalue weighted by atomic mass is 10.0. The van der Waals surface area contributed by atoms with E-state index in [1.165, 1.54) is 57.8 Å². The highest BCUT2D eigenvalue weighted by atomic mass is 16.2. The van der Waals surface area contributed by atoms with Gasteiger partial charge in [-0.25, -0.2) is 4.99 Å². The predicted octanol–water partition coefficient (Wildman–Crippen LogP) is 4.06. The van der Waals surface area contributed by atoms with Crippen molar-refractivity contribution in [3.63, 3.8) is 0 Å². The molecule has 13 nitrogen and oxygen atoms in total. The van der Waals surface area contributed by atoms with Gasteiger partial charge in [0.05, 0.1) is 5.69 Å². The number of carbonyl (C=O) groups excluding carboxylic acids is 5. The summed E-state index contributed by atoms with van der Waals surface area (Å²) in [4.78, 5) is 68.5. The van der Waals surface area contributed by atoms with E-state index in [9.17, 15) is 24.0 Å². The zero-order chi connectivity index (χ0) is 38.8. The average Bonchev–Trinajstić information content (AvgIpc) is 3.11. The van der Waals surface area contributed by atoms with Gasteiger partial charge in [0.15, 0.2) is 5.96 Å². The summed E-state index contributed by atoms with van der Waals surface area (Å²) >= 11 is 0. The number of hydrogen-bond acceptors (Lipinski definition) is 6. The number of hydrogen-bond donors (Lipinski definition) is 7. The Labute approximate surface area is 314 Å². The fraction of sp³-hybridized carbons (Fsp3) is 0.550. The molecule has 2 aromatic rings. The highest BCUT2D eigenvalue weighted by Gasteiger charge is 2.29. The Kier molecular flexibility index (Phi) is 21.6. The van der Waals surface area contributed by atoms with Crippen LogP contribution in [0.1, 0.15) is 121 Å². The van der Waals surface area contributed by atoms with Gasteiger partial charge in [-0.1, -0.05) is 126 Å². The van der Waals surface area contributed by atoms with Gasteiger partial charge in [0.1, 0.15) is 18.1 Å². The van der Waals surface area contributed by atoms with Gasteiger partial charge in [-0.2, -0.15) is 0 Å². The van der Waals surface area contributed by atoms with Gasteiger partial charge < -0.3 is 38.9 Å². The number of benzene rings is 2. The summed E-state index contributed by atoms with van der Waals surface area (Å²) in [7, 11) is 0. The van der Waals surface area contributed by atoms with Gasteiger partial charge >= 0.3 is 0 Å². The van der Waals surface area contributed by atoms with Crippen LogP contribution in [-0.4, -0.2) is 53.6 Å². The molecule has 3 atom stereocenters. The fourth-order valence-electron chi connectivity index (χ4n) is 6.09. The second-order valence-corrected chi connectivity index (χ2v) is 13.7. The minimum Gasteiger partial charge on any atom is -0.370 e. The number of unbranched alkanes of at least 4 members (excludes halogenated alkanes) is 12. The molecule has 0 saturated heterocycles. The van der Waals surface area contributed by atoms with Gasteiger partial charge in [-0.3, -0.25) is 24.0 Å². The van der Waals surface area contributed by atoms with E-state index >= 15 is 0 Å². The number of guanidine groups is 1. The first-order chi connectivity index (χ1) is 25.5. The van der Waals surface area contributed by atoms with E-state index in [1.54, 1.807) is 48.5 Å². The van der Waals surface area contributed by atoms with Gasteiger partial charge in [-0.15, -0.1) is 0 Å². The van der Waals surface area contributed by atoms with Crippen LogP contribution in [0.2, 0.25) is 0 Å². The SMILES string of the molecule is CCCCCCCCCCCCCCCC(=O)N[C@@H](Cc1cccc(N=C(N)N)c1)C(=O)N[C@@H](CCC(N)=O)C(=O)N[C@@H](Cc1ccccc1)C(N)=O. The maximum absolute atomic E-state index is 13.8. The van der Waals surface area contributed by atoms with E-state index in [-0.39, 0.29) is 44.0 Å². The molecule has 292 valence electrons. The average molecular weight is 735 g/mol. The summed E-state index contributed by atoms with van der Waals surface area (Å²) in [6, 6.07) is 12.5. The first kappa shape index (κ1) is 44.2. The Bertz CT molecular complexity index is 1450. The third kappa shape index (κ3) is 20.0. The number of amides is 5. The van der Waals surface area contributed by atoms with Gasteiger partial charge in [0, 0.05) is 25.7 Å². The number of nitrogens with two attached hydrogens (primary N) is 4. The van der Waals surface area contributed by atoms with Crippen molar-refractivity contribution >= 4 is 41.2 Å². The molecule has 0 heterocycles. The van der Waals surface area contributed by atoms with Crippen LogP contribution in [0, 0.1) is 0 Å². The molecule has 53 heavy (non-hydrogen) atoms. The highest BCUT2D eigenvalue weighted by Crippen LogP contribution is 2.17. The summed E-state index contributed by atoms with van der Waals surface area (Å²) in [6.45, 7) is 2.23. The van der Waals surface area contributed by atoms with E-state index in [1.807, 2.05) is 6.07 Å². The molecular formula is C40H62N8O5. The van der Waals surface area contributed by atoms with Crippen molar-refractivity contribution in [3.8, 4) is 0 Å². The van der Waals surface area contributed by atoms with Crippen LogP contribution < -0.4 is 38.9 Å². The molecular weight excluding hydrogens is 672 g/mol. The van der Waals surface area contributed by atoms with Crippen molar-refractivity contribution in [2.45, 2.75) is 141 Å². The molecule has 0 aromatic heterocycles. The molecule has 0 aliphatic heterocycles. The summed E-state index contributed by atoms with van der Waals surface area (Å²) in [6.07, 6.45) is 15.4. The first-order valence-corrected chi connectivity index (χ1v) is 19.2. The number of aliphatic imine (C=N–C) groups is 1. The van der Waals surface area contributed by atoms with Crippen LogP contribution >= 0.6 is 0 Å². The molecule has 11 N–H and O–H groups in total. The number of primary amides is 2. The summed E-state index contributed by atoms with van der Waals surface area (Å²) in [5.74, 6) is -3.24. The van der Waals surface area contributed by atoms with Crippen molar-refractivity contribution in [2.24, 2.45) is 27.9 Å². The molecule has 0 saturated carbocycles. The smallest absolute Gasteiger partial charge is 0.243 e. The van der Waals surface area contributed by atoms with Crippen LogP contribution in [0.3, 0.4) is 0 Å². The van der Waals surface area contributed by atoms with Gasteiger partial charge in [-0.05, 0) is 36.1 Å². The number of carbonyl (C=O) groups is 5. The summed E-state index contributed by atoms with van der Waals surface area (Å²) < 4.78 is 0. The molecule has 0 bridgehead atoms. The Morgan fingerprint density at radius 2 is 1.11 bits per heavy atom. The van der Waals surface area contributed by atoms with Crippen molar-refractivity contribution < 1.29 is 24.0 Å². The van der Waals surface area contributed by atoms with Crippen LogP contribution in [0.25, 0.3) is 0 Å². The molecule has 0 fully saturated rings. The minimum atomic E-state index is -1.25. The van der Waals surface area contributed by atoms with Crippen LogP contribution in [0.15, 0.2) is 59.6 Å². The Hall–Kier alpha value is -4.94. The van der Waals surface area contributed by atoms with E-state index in [0.717, 1.165) is 24.8 Å². The van der Waals surface area contributed by atoms with Gasteiger partial charge in [0.2, 0.25) is 29.5 Å². The second kappa shape index (κ2) is 25.9. The normalized spacial score (nSPS) is 12.5. The predicted molar refractivity (Wildman–Crippen MR) is 209 cm³/mol. The quantitative estimate of drug-likeness (QED) is 0.0384. The molecule has 2 rings (SSSR count). The fourth-order valence-corrected chi connectivity index (χ4v) is 6.09. The van der Waals surface area contributed by atoms with Crippen molar-refractivity contribution in [1.29, 1.82) is 0 Å². The lowest BCUT2D eigenvalue weighted by molar-refractivity contribution is -0.133. The Morgan fingerprint density at radius 3 is 1.68 bits per heavy atom. The molecule has 0 aliphatic rings. The molecule has 0 aliphatic carbocycles. The third-order valence-corrected chi connectivity index (χ3v) is 9.02. The number of rotatable bonds is 28. The standard InChI is InChI=1S/C40H62N8O5/c1-2-3-4-5-6-7-8-9-10-11-12-13-17-23-36(50)46-34(28-30-21-18-22-31(26-30)45-40(43)44)39(53)47-32(24-25-35(41)49)38(52)48-33(37(42)51)27-29-19-15-14-16-20-29/h14-16,18-22,26,32-34H,2-13,17,23-25,27-28H2,1H3,(H2,41,49)(H2,42,51)(H,46,50)(H,47,53)(H,48,52)(H4,43,44,45)/t32-,33-,34-/m0/s1. The maximum atomic E-state index is 13.8. The van der Waals surface area contributed by atoms with Crippen LogP contribution in [0.4, 0.5) is 5.69 Å². The molecule has 13 heteroatoms. The van der Waals surface area contributed by atoms with E-state index in [2.05, 4.69) is 27.9 Å². The van der Waals surface area contributed by atoms with Gasteiger partial charge in [0.25, 0.3) is 0 Å². The van der Waals surface area contributed by atoms with E-state index in [4.69, 9.17) is 22.9 Å². The van der Waals surface area contributed by atoms with Crippen molar-refractivity contribution in [3.05, 3.63) is 65.7 Å². The molecule has 0 spiro atoms. The number of nitrogens with one attached hydrogen (secondary N) is 3. The second-order valence-electron chi connectivity index (χ2n) is 13.7. The van der Waals surface area contributed by atoms with Crippen molar-refractivity contribution in [2.75, 3.05) is 0 Å².